The molecule has 0 bridgehead atoms. The first-order chi connectivity index (χ1) is 6.39. The van der Waals surface area contributed by atoms with Crippen LogP contribution in [-0.4, -0.2) is 34.0 Å². The van der Waals surface area contributed by atoms with E-state index in [1.54, 1.807) is 0 Å². The van der Waals surface area contributed by atoms with E-state index in [1.165, 1.54) is 0 Å². The van der Waals surface area contributed by atoms with Gasteiger partial charge in [-0.1, -0.05) is 0 Å². The molecule has 0 radical (unpaired) electrons. The molecule has 4 nitrogen and oxygen atoms in total. The zero-order valence-corrected chi connectivity index (χ0v) is 13.9. The van der Waals surface area contributed by atoms with Gasteiger partial charge in [0, 0.05) is 22.2 Å². The van der Waals surface area contributed by atoms with Crippen LogP contribution in [0.25, 0.3) is 0 Å². The van der Waals surface area contributed by atoms with Crippen molar-refractivity contribution >= 4 is 22.2 Å². The van der Waals surface area contributed by atoms with Crippen molar-refractivity contribution in [1.29, 1.82) is 0 Å². The average Bonchev–Trinajstić information content (AvgIpc) is 1.99. The summed E-state index contributed by atoms with van der Waals surface area (Å²) >= 11 is -9.63. The van der Waals surface area contributed by atoms with Crippen molar-refractivity contribution in [3.8, 4) is 0 Å². The van der Waals surface area contributed by atoms with Crippen molar-refractivity contribution in [2.45, 2.75) is 16.4 Å². The summed E-state index contributed by atoms with van der Waals surface area (Å²) < 4.78 is 105. The Labute approximate surface area is 140 Å². The second kappa shape index (κ2) is 7.55. The van der Waals surface area contributed by atoms with Crippen LogP contribution in [0.1, 0.15) is 0 Å². The van der Waals surface area contributed by atoms with E-state index in [0.29, 0.717) is 0 Å². The maximum atomic E-state index is 12.6. The molecule has 0 aromatic carbocycles. The predicted molar refractivity (Wildman–Crippen MR) is 32.7 cm³/mol. The maximum Gasteiger partial charge on any atom is 1.00 e. The molecule has 0 heterocycles. The van der Waals surface area contributed by atoms with E-state index in [4.69, 9.17) is 0 Å². The maximum absolute atomic E-state index is 12.6. The summed E-state index contributed by atoms with van der Waals surface area (Å²) in [5.74, 6) is -6.56. The van der Waals surface area contributed by atoms with E-state index in [9.17, 15) is 43.9 Å². The summed E-state index contributed by atoms with van der Waals surface area (Å²) in [6, 6.07) is 0. The van der Waals surface area contributed by atoms with Crippen LogP contribution in [0, 0.1) is 0 Å². The molecule has 0 fully saturated rings. The zero-order chi connectivity index (χ0) is 12.7. The van der Waals surface area contributed by atoms with Crippen LogP contribution in [0.2, 0.25) is 0 Å². The molecule has 0 saturated carbocycles. The minimum atomic E-state index is -6.65. The van der Waals surface area contributed by atoms with Crippen molar-refractivity contribution in [3.05, 3.63) is 0 Å². The Bertz CT molecular complexity index is 294. The molecule has 92 valence electrons. The number of hydrogen-bond acceptors (Lipinski definition) is 4. The Kier molecular flexibility index (Phi) is 10.6. The Morgan fingerprint density at radius 3 is 1.06 bits per heavy atom. The summed E-state index contributed by atoms with van der Waals surface area (Å²) in [4.78, 5) is 0. The van der Waals surface area contributed by atoms with E-state index in [2.05, 4.69) is 0 Å². The molecule has 0 N–H and O–H groups in total. The van der Waals surface area contributed by atoms with Gasteiger partial charge in [-0.05, 0) is 0 Å². The van der Waals surface area contributed by atoms with Gasteiger partial charge >= 0.3 is 75.5 Å². The summed E-state index contributed by atoms with van der Waals surface area (Å²) in [5, 5.41) is 0. The molecule has 2 unspecified atom stereocenters. The second-order valence-corrected chi connectivity index (χ2v) is 4.40. The van der Waals surface area contributed by atoms with E-state index in [0.717, 1.165) is 0 Å². The smallest absolute Gasteiger partial charge is 0.769 e. The minimum Gasteiger partial charge on any atom is -0.769 e. The molecule has 0 aliphatic heterocycles. The molecule has 0 amide bonds. The normalized spacial score (nSPS) is 19.3. The van der Waals surface area contributed by atoms with Gasteiger partial charge in [0.25, 0.3) is 0 Å². The molecule has 14 heteroatoms. The van der Waals surface area contributed by atoms with Gasteiger partial charge in [-0.25, -0.2) is 4.39 Å². The third-order valence-electron chi connectivity index (χ3n) is 1.16. The van der Waals surface area contributed by atoms with Gasteiger partial charge in [-0.3, -0.25) is 8.42 Å². The number of halogens is 6. The van der Waals surface area contributed by atoms with Crippen molar-refractivity contribution in [1.82, 2.24) is 0 Å². The molecule has 0 aromatic heterocycles. The molecule has 2 atom stereocenters. The summed E-state index contributed by atoms with van der Waals surface area (Å²) in [5.41, 5.74) is 0. The van der Waals surface area contributed by atoms with Gasteiger partial charge in [0.1, 0.15) is 0 Å². The summed E-state index contributed by atoms with van der Waals surface area (Å²) in [6.45, 7) is 0. The largest absolute Gasteiger partial charge is 1.00 e. The van der Waals surface area contributed by atoms with Gasteiger partial charge in [0.15, 0.2) is 0 Å². The molecule has 17 heavy (non-hydrogen) atoms. The first kappa shape index (κ1) is 23.9. The molecule has 0 rings (SSSR count). The third kappa shape index (κ3) is 4.39. The van der Waals surface area contributed by atoms with E-state index in [-0.39, 0.29) is 59.1 Å². The van der Waals surface area contributed by atoms with Gasteiger partial charge in [0.05, 0.1) is 0 Å². The van der Waals surface area contributed by atoms with Crippen LogP contribution in [0.3, 0.4) is 0 Å². The van der Waals surface area contributed by atoms with Crippen molar-refractivity contribution in [3.63, 3.8) is 0 Å². The predicted octanol–water partition coefficient (Wildman–Crippen LogP) is -5.43. The fourth-order valence-corrected chi connectivity index (χ4v) is 1.53. The molecular formula is C3F6Na2O4S2. The van der Waals surface area contributed by atoms with Crippen molar-refractivity contribution in [2.24, 2.45) is 0 Å². The van der Waals surface area contributed by atoms with Gasteiger partial charge in [-0.2, -0.15) is 22.0 Å². The fourth-order valence-electron chi connectivity index (χ4n) is 0.434. The fraction of sp³-hybridized carbons (Fsp3) is 1.00. The number of rotatable bonds is 3. The molecular weight excluding hydrogens is 324 g/mol. The van der Waals surface area contributed by atoms with Crippen LogP contribution < -0.4 is 59.1 Å². The number of hydrogen-bond donors (Lipinski definition) is 0. The summed E-state index contributed by atoms with van der Waals surface area (Å²) in [6.07, 6.45) is -6.65. The second-order valence-electron chi connectivity index (χ2n) is 2.08. The van der Waals surface area contributed by atoms with E-state index >= 15 is 0 Å². The molecule has 0 aromatic rings. The quantitative estimate of drug-likeness (QED) is 0.295. The SMILES string of the molecule is O=S([O-])C(F)(S(=O)[O-])C(F)(F)C(F)(F)F.[Na+].[Na+]. The summed E-state index contributed by atoms with van der Waals surface area (Å²) in [7, 11) is 0. The molecule has 0 aliphatic rings. The Morgan fingerprint density at radius 1 is 0.765 bits per heavy atom. The molecule has 0 saturated heterocycles. The standard InChI is InChI=1S/C3H2F6O4S2.2Na/c4-1(5,2(6,7)8)3(9,14(10)11)15(12)13;;/h(H,10,11)(H,12,13);;/q;2*+1/p-2. The van der Waals surface area contributed by atoms with Crippen molar-refractivity contribution in [2.75, 3.05) is 0 Å². The molecule has 0 spiro atoms. The Hall–Kier alpha value is 1.80. The van der Waals surface area contributed by atoms with Crippen LogP contribution >= 0.6 is 0 Å². The van der Waals surface area contributed by atoms with Gasteiger partial charge in [0.2, 0.25) is 0 Å². The van der Waals surface area contributed by atoms with E-state index in [1.807, 2.05) is 0 Å². The first-order valence-corrected chi connectivity index (χ1v) is 4.86. The van der Waals surface area contributed by atoms with Gasteiger partial charge < -0.3 is 9.11 Å². The third-order valence-corrected chi connectivity index (χ3v) is 3.35. The average molecular weight is 324 g/mol. The molecule has 0 aliphatic carbocycles. The van der Waals surface area contributed by atoms with Crippen LogP contribution in [0.15, 0.2) is 0 Å². The zero-order valence-electron chi connectivity index (χ0n) is 8.22. The van der Waals surface area contributed by atoms with Crippen LogP contribution in [0.5, 0.6) is 0 Å². The first-order valence-electron chi connectivity index (χ1n) is 2.71. The van der Waals surface area contributed by atoms with Crippen molar-refractivity contribution < 1.29 is 103 Å². The number of alkyl halides is 6. The van der Waals surface area contributed by atoms with Crippen LogP contribution in [-0.2, 0) is 22.2 Å². The van der Waals surface area contributed by atoms with E-state index < -0.39 is 38.6 Å². The Morgan fingerprint density at radius 2 is 1.00 bits per heavy atom. The Balaban J connectivity index is -0.000000980. The minimum absolute atomic E-state index is 0. The van der Waals surface area contributed by atoms with Crippen LogP contribution in [0.4, 0.5) is 26.3 Å². The monoisotopic (exact) mass is 324 g/mol. The topological polar surface area (TPSA) is 80.3 Å². The van der Waals surface area contributed by atoms with Gasteiger partial charge in [-0.15, -0.1) is 0 Å².